The van der Waals surface area contributed by atoms with Crippen molar-refractivity contribution in [1.29, 1.82) is 0 Å². The van der Waals surface area contributed by atoms with Crippen LogP contribution in [-0.4, -0.2) is 17.6 Å². The molecule has 3 rings (SSSR count). The second-order valence-corrected chi connectivity index (χ2v) is 7.00. The number of nitrogens with one attached hydrogen (secondary N) is 1. The molecule has 3 nitrogen and oxygen atoms in total. The first-order valence-corrected chi connectivity index (χ1v) is 9.02. The van der Waals surface area contributed by atoms with E-state index in [0.717, 1.165) is 32.0 Å². The van der Waals surface area contributed by atoms with Crippen molar-refractivity contribution in [2.75, 3.05) is 6.61 Å². The fraction of sp³-hybridized carbons (Fsp3) is 0.812. The molecule has 0 atom stereocenters. The van der Waals surface area contributed by atoms with Crippen LogP contribution in [0.4, 0.5) is 0 Å². The molecule has 1 heterocycles. The van der Waals surface area contributed by atoms with Gasteiger partial charge in [0, 0.05) is 24.6 Å². The summed E-state index contributed by atoms with van der Waals surface area (Å²) in [4.78, 5) is 4.90. The minimum atomic E-state index is -0.0895. The van der Waals surface area contributed by atoms with Crippen molar-refractivity contribution in [2.24, 2.45) is 0 Å². The molecule has 0 spiro atoms. The van der Waals surface area contributed by atoms with Crippen LogP contribution >= 0.6 is 11.3 Å². The van der Waals surface area contributed by atoms with Crippen LogP contribution in [0.3, 0.4) is 0 Å². The molecule has 1 aromatic rings. The molecule has 0 radical (unpaired) electrons. The Morgan fingerprint density at radius 2 is 2.05 bits per heavy atom. The molecule has 4 heteroatoms. The molecule has 0 amide bonds. The molecule has 2 aliphatic carbocycles. The van der Waals surface area contributed by atoms with Gasteiger partial charge in [-0.15, -0.1) is 11.3 Å². The van der Waals surface area contributed by atoms with Gasteiger partial charge in [0.1, 0.15) is 10.6 Å². The van der Waals surface area contributed by atoms with E-state index in [1.165, 1.54) is 49.2 Å². The number of hydrogen-bond donors (Lipinski definition) is 1. The maximum Gasteiger partial charge on any atom is 0.125 e. The second kappa shape index (κ2) is 6.54. The van der Waals surface area contributed by atoms with Gasteiger partial charge in [-0.3, -0.25) is 0 Å². The standard InChI is InChI=1S/C16H26N2OS/c1-2-19-16(9-5-3-4-6-10-16)15-18-14(12-20-15)11-17-13-7-8-13/h12-13,17H,2-11H2,1H3. The van der Waals surface area contributed by atoms with Crippen LogP contribution in [0.25, 0.3) is 0 Å². The van der Waals surface area contributed by atoms with Gasteiger partial charge in [0.25, 0.3) is 0 Å². The van der Waals surface area contributed by atoms with Gasteiger partial charge in [-0.2, -0.15) is 0 Å². The third-order valence-corrected chi connectivity index (χ3v) is 5.50. The maximum atomic E-state index is 6.22. The van der Waals surface area contributed by atoms with E-state index in [1.54, 1.807) is 11.3 Å². The molecular formula is C16H26N2OS. The molecular weight excluding hydrogens is 268 g/mol. The highest BCUT2D eigenvalue weighted by Gasteiger charge is 2.36. The van der Waals surface area contributed by atoms with Gasteiger partial charge < -0.3 is 10.1 Å². The molecule has 1 aromatic heterocycles. The molecule has 0 unspecified atom stereocenters. The number of ether oxygens (including phenoxy) is 1. The Kier molecular flexibility index (Phi) is 4.74. The van der Waals surface area contributed by atoms with E-state index in [2.05, 4.69) is 17.6 Å². The van der Waals surface area contributed by atoms with Crippen LogP contribution < -0.4 is 5.32 Å². The highest BCUT2D eigenvalue weighted by atomic mass is 32.1. The monoisotopic (exact) mass is 294 g/mol. The predicted octanol–water partition coefficient (Wildman–Crippen LogP) is 3.98. The Morgan fingerprint density at radius 1 is 1.30 bits per heavy atom. The average molecular weight is 294 g/mol. The molecule has 0 aliphatic heterocycles. The van der Waals surface area contributed by atoms with Gasteiger partial charge in [-0.1, -0.05) is 25.7 Å². The molecule has 20 heavy (non-hydrogen) atoms. The van der Waals surface area contributed by atoms with Crippen LogP contribution in [-0.2, 0) is 16.9 Å². The van der Waals surface area contributed by atoms with Crippen molar-refractivity contribution in [1.82, 2.24) is 10.3 Å². The molecule has 2 saturated carbocycles. The fourth-order valence-corrected chi connectivity index (χ4v) is 4.16. The Hall–Kier alpha value is -0.450. The lowest BCUT2D eigenvalue weighted by Crippen LogP contribution is -2.29. The van der Waals surface area contributed by atoms with Crippen LogP contribution in [0.15, 0.2) is 5.38 Å². The van der Waals surface area contributed by atoms with Gasteiger partial charge in [-0.25, -0.2) is 4.98 Å². The number of aromatic nitrogens is 1. The summed E-state index contributed by atoms with van der Waals surface area (Å²) in [5, 5.41) is 6.98. The first kappa shape index (κ1) is 14.5. The zero-order valence-corrected chi connectivity index (χ0v) is 13.3. The number of nitrogens with zero attached hydrogens (tertiary/aromatic N) is 1. The molecule has 0 saturated heterocycles. The van der Waals surface area contributed by atoms with Gasteiger partial charge in [0.2, 0.25) is 0 Å². The van der Waals surface area contributed by atoms with E-state index < -0.39 is 0 Å². The summed E-state index contributed by atoms with van der Waals surface area (Å²) in [5.41, 5.74) is 1.11. The molecule has 2 fully saturated rings. The first-order chi connectivity index (χ1) is 9.82. The van der Waals surface area contributed by atoms with E-state index in [0.29, 0.717) is 0 Å². The smallest absolute Gasteiger partial charge is 0.125 e. The maximum absolute atomic E-state index is 6.22. The zero-order valence-electron chi connectivity index (χ0n) is 12.5. The van der Waals surface area contributed by atoms with Gasteiger partial charge in [0.15, 0.2) is 0 Å². The summed E-state index contributed by atoms with van der Waals surface area (Å²) >= 11 is 1.80. The lowest BCUT2D eigenvalue weighted by atomic mass is 9.95. The van der Waals surface area contributed by atoms with Crippen molar-refractivity contribution < 1.29 is 4.74 Å². The quantitative estimate of drug-likeness (QED) is 0.806. The lowest BCUT2D eigenvalue weighted by Gasteiger charge is -2.30. The summed E-state index contributed by atoms with van der Waals surface area (Å²) in [7, 11) is 0. The summed E-state index contributed by atoms with van der Waals surface area (Å²) in [6, 6.07) is 0.749. The van der Waals surface area contributed by atoms with Gasteiger partial charge in [0.05, 0.1) is 5.69 Å². The average Bonchev–Trinajstić information content (AvgIpc) is 3.21. The van der Waals surface area contributed by atoms with Crippen molar-refractivity contribution in [3.63, 3.8) is 0 Å². The van der Waals surface area contributed by atoms with Crippen LogP contribution in [0.5, 0.6) is 0 Å². The Bertz CT molecular complexity index is 420. The van der Waals surface area contributed by atoms with Crippen molar-refractivity contribution in [3.8, 4) is 0 Å². The third kappa shape index (κ3) is 3.41. The molecule has 112 valence electrons. The number of hydrogen-bond acceptors (Lipinski definition) is 4. The van der Waals surface area contributed by atoms with Crippen molar-refractivity contribution >= 4 is 11.3 Å². The summed E-state index contributed by atoms with van der Waals surface area (Å²) in [5.74, 6) is 0. The minimum absolute atomic E-state index is 0.0895. The normalized spacial score (nSPS) is 22.6. The SMILES string of the molecule is CCOC1(c2nc(CNC3CC3)cs2)CCCCCC1. The molecule has 1 N–H and O–H groups in total. The number of thiazole rings is 1. The third-order valence-electron chi connectivity index (χ3n) is 4.42. The van der Waals surface area contributed by atoms with E-state index in [-0.39, 0.29) is 5.60 Å². The van der Waals surface area contributed by atoms with Crippen LogP contribution in [0, 0.1) is 0 Å². The molecule has 0 bridgehead atoms. The summed E-state index contributed by atoms with van der Waals surface area (Å²) in [6.07, 6.45) is 10.2. The zero-order chi connectivity index (χ0) is 13.8. The molecule has 2 aliphatic rings. The first-order valence-electron chi connectivity index (χ1n) is 8.15. The largest absolute Gasteiger partial charge is 0.368 e. The van der Waals surface area contributed by atoms with E-state index in [1.807, 2.05) is 0 Å². The summed E-state index contributed by atoms with van der Waals surface area (Å²) < 4.78 is 6.22. The van der Waals surface area contributed by atoms with Gasteiger partial charge >= 0.3 is 0 Å². The second-order valence-electron chi connectivity index (χ2n) is 6.14. The van der Waals surface area contributed by atoms with Crippen LogP contribution in [0.1, 0.15) is 69.0 Å². The Morgan fingerprint density at radius 3 is 2.70 bits per heavy atom. The Labute approximate surface area is 126 Å². The minimum Gasteiger partial charge on any atom is -0.368 e. The molecule has 0 aromatic carbocycles. The highest BCUT2D eigenvalue weighted by molar-refractivity contribution is 7.09. The highest BCUT2D eigenvalue weighted by Crippen LogP contribution is 2.40. The van der Waals surface area contributed by atoms with E-state index in [9.17, 15) is 0 Å². The lowest BCUT2D eigenvalue weighted by molar-refractivity contribution is -0.0560. The summed E-state index contributed by atoms with van der Waals surface area (Å²) in [6.45, 7) is 3.81. The predicted molar refractivity (Wildman–Crippen MR) is 83.0 cm³/mol. The number of rotatable bonds is 6. The van der Waals surface area contributed by atoms with Crippen LogP contribution in [0.2, 0.25) is 0 Å². The fourth-order valence-electron chi connectivity index (χ4n) is 3.13. The van der Waals surface area contributed by atoms with Crippen molar-refractivity contribution in [2.45, 2.75) is 76.5 Å². The van der Waals surface area contributed by atoms with Crippen molar-refractivity contribution in [3.05, 3.63) is 16.1 Å². The van der Waals surface area contributed by atoms with E-state index in [4.69, 9.17) is 9.72 Å². The topological polar surface area (TPSA) is 34.1 Å². The Balaban J connectivity index is 1.71. The van der Waals surface area contributed by atoms with E-state index >= 15 is 0 Å². The van der Waals surface area contributed by atoms with Gasteiger partial charge in [-0.05, 0) is 32.6 Å².